The zero-order valence-electron chi connectivity index (χ0n) is 14.3. The number of guanidine groups is 1. The summed E-state index contributed by atoms with van der Waals surface area (Å²) in [5.74, 6) is 2.25. The minimum Gasteiger partial charge on any atom is -0.423 e. The lowest BCUT2D eigenvalue weighted by molar-refractivity contribution is 0.0771. The molecule has 1 aromatic heterocycles. The molecule has 1 saturated carbocycles. The number of aromatic nitrogens is 1. The minimum atomic E-state index is 0.482. The Kier molecular flexibility index (Phi) is 4.14. The molecule has 0 spiro atoms. The number of hydrogen-bond acceptors (Lipinski definition) is 6. The normalized spacial score (nSPS) is 28.4. The minimum absolute atomic E-state index is 0.482. The molecule has 1 fully saturated rings. The number of benzene rings is 1. The molecule has 2 heterocycles. The summed E-state index contributed by atoms with van der Waals surface area (Å²) in [5, 5.41) is 6.51. The van der Waals surface area contributed by atoms with Crippen LogP contribution in [0.5, 0.6) is 0 Å². The van der Waals surface area contributed by atoms with Crippen molar-refractivity contribution in [3.63, 3.8) is 0 Å². The van der Waals surface area contributed by atoms with Gasteiger partial charge in [-0.1, -0.05) is 38.8 Å². The van der Waals surface area contributed by atoms with E-state index in [1.165, 1.54) is 19.3 Å². The molecule has 1 aliphatic carbocycles. The standard InChI is InChI=1S/C18H25N5O/c1-12-6-5-8-15(13(12)2)23-10-19-17(20-11-23)22-18-21-14-7-3-4-9-16(14)24-18/h3-4,7,9,12-13,15H,5-6,8,10-11H2,1-2H3,(H2,19,20,21,22)/t12-,13+,15-/m0/s1. The second-order valence-corrected chi connectivity index (χ2v) is 7.02. The smallest absolute Gasteiger partial charge is 0.302 e. The third-order valence-electron chi connectivity index (χ3n) is 5.51. The third kappa shape index (κ3) is 2.98. The van der Waals surface area contributed by atoms with Crippen molar-refractivity contribution < 1.29 is 4.42 Å². The number of rotatable bonds is 2. The number of hydrogen-bond donors (Lipinski definition) is 2. The van der Waals surface area contributed by atoms with Gasteiger partial charge in [-0.15, -0.1) is 0 Å². The summed E-state index contributed by atoms with van der Waals surface area (Å²) in [6, 6.07) is 8.85. The van der Waals surface area contributed by atoms with Crippen LogP contribution in [0.1, 0.15) is 33.1 Å². The van der Waals surface area contributed by atoms with Crippen molar-refractivity contribution in [1.29, 1.82) is 0 Å². The summed E-state index contributed by atoms with van der Waals surface area (Å²) < 4.78 is 5.69. The number of nitrogens with zero attached hydrogens (tertiary/aromatic N) is 3. The summed E-state index contributed by atoms with van der Waals surface area (Å²) in [4.78, 5) is 11.5. The molecule has 128 valence electrons. The topological polar surface area (TPSA) is 65.7 Å². The van der Waals surface area contributed by atoms with Gasteiger partial charge in [0, 0.05) is 6.04 Å². The van der Waals surface area contributed by atoms with E-state index < -0.39 is 0 Å². The molecule has 0 amide bonds. The molecule has 1 aliphatic heterocycles. The van der Waals surface area contributed by atoms with Crippen LogP contribution in [-0.2, 0) is 0 Å². The first-order chi connectivity index (χ1) is 11.7. The van der Waals surface area contributed by atoms with Crippen LogP contribution in [0.4, 0.5) is 6.01 Å². The van der Waals surface area contributed by atoms with Crippen molar-refractivity contribution in [2.45, 2.75) is 39.2 Å². The Bertz CT molecular complexity index is 707. The summed E-state index contributed by atoms with van der Waals surface area (Å²) >= 11 is 0. The zero-order chi connectivity index (χ0) is 16.5. The maximum atomic E-state index is 5.69. The lowest BCUT2D eigenvalue weighted by Gasteiger charge is -2.42. The molecule has 3 atom stereocenters. The Hall–Kier alpha value is -2.08. The molecule has 2 N–H and O–H groups in total. The zero-order valence-corrected chi connectivity index (χ0v) is 14.3. The van der Waals surface area contributed by atoms with Crippen molar-refractivity contribution >= 4 is 23.1 Å². The van der Waals surface area contributed by atoms with Crippen molar-refractivity contribution in [1.82, 2.24) is 15.2 Å². The van der Waals surface area contributed by atoms with Gasteiger partial charge in [-0.3, -0.25) is 10.2 Å². The molecule has 0 unspecified atom stereocenters. The van der Waals surface area contributed by atoms with Gasteiger partial charge < -0.3 is 9.73 Å². The highest BCUT2D eigenvalue weighted by atomic mass is 16.4. The number of oxazole rings is 1. The first-order valence-electron chi connectivity index (χ1n) is 8.85. The van der Waals surface area contributed by atoms with Crippen molar-refractivity contribution in [2.24, 2.45) is 16.8 Å². The van der Waals surface area contributed by atoms with E-state index in [1.54, 1.807) is 0 Å². The summed E-state index contributed by atoms with van der Waals surface area (Å²) in [5.41, 5.74) is 1.63. The number of aliphatic imine (C=N–C) groups is 1. The van der Waals surface area contributed by atoms with Gasteiger partial charge in [-0.05, 0) is 30.4 Å². The predicted molar refractivity (Wildman–Crippen MR) is 95.7 cm³/mol. The highest BCUT2D eigenvalue weighted by Crippen LogP contribution is 2.32. The Balaban J connectivity index is 1.41. The molecule has 0 saturated heterocycles. The van der Waals surface area contributed by atoms with Crippen LogP contribution in [0.2, 0.25) is 0 Å². The first kappa shape index (κ1) is 15.4. The van der Waals surface area contributed by atoms with E-state index in [2.05, 4.69) is 39.4 Å². The predicted octanol–water partition coefficient (Wildman–Crippen LogP) is 3.24. The second kappa shape index (κ2) is 6.43. The Morgan fingerprint density at radius 1 is 1.25 bits per heavy atom. The van der Waals surface area contributed by atoms with E-state index in [4.69, 9.17) is 4.42 Å². The SMILES string of the molecule is C[C@@H]1[C@@H](C)CCC[C@@H]1N1CN=C(Nc2nc3ccccc3o2)NC1. The van der Waals surface area contributed by atoms with Crippen LogP contribution in [0.15, 0.2) is 33.7 Å². The first-order valence-corrected chi connectivity index (χ1v) is 8.85. The summed E-state index contributed by atoms with van der Waals surface area (Å²) in [6.07, 6.45) is 3.95. The van der Waals surface area contributed by atoms with Gasteiger partial charge in [0.05, 0.1) is 13.3 Å². The van der Waals surface area contributed by atoms with Crippen molar-refractivity contribution in [3.05, 3.63) is 24.3 Å². The monoisotopic (exact) mass is 327 g/mol. The molecule has 4 rings (SSSR count). The van der Waals surface area contributed by atoms with E-state index in [9.17, 15) is 0 Å². The van der Waals surface area contributed by atoms with Gasteiger partial charge in [-0.2, -0.15) is 4.98 Å². The average Bonchev–Trinajstić information content (AvgIpc) is 3.00. The molecule has 2 aliphatic rings. The van der Waals surface area contributed by atoms with Gasteiger partial charge in [-0.25, -0.2) is 4.99 Å². The fourth-order valence-electron chi connectivity index (χ4n) is 3.85. The van der Waals surface area contributed by atoms with Gasteiger partial charge >= 0.3 is 6.01 Å². The molecule has 1 aromatic carbocycles. The number of para-hydroxylation sites is 2. The summed E-state index contributed by atoms with van der Waals surface area (Å²) in [6.45, 7) is 6.28. The number of anilines is 1. The molecule has 6 heteroatoms. The highest BCUT2D eigenvalue weighted by Gasteiger charge is 2.32. The Morgan fingerprint density at radius 2 is 2.12 bits per heavy atom. The van der Waals surface area contributed by atoms with E-state index in [-0.39, 0.29) is 0 Å². The van der Waals surface area contributed by atoms with Gasteiger partial charge in [0.2, 0.25) is 5.96 Å². The fraction of sp³-hybridized carbons (Fsp3) is 0.556. The molecular formula is C18H25N5O. The summed E-state index contributed by atoms with van der Waals surface area (Å²) in [7, 11) is 0. The van der Waals surface area contributed by atoms with E-state index >= 15 is 0 Å². The van der Waals surface area contributed by atoms with Crippen molar-refractivity contribution in [2.75, 3.05) is 18.7 Å². The van der Waals surface area contributed by atoms with E-state index in [1.807, 2.05) is 24.3 Å². The van der Waals surface area contributed by atoms with E-state index in [0.717, 1.165) is 42.2 Å². The molecule has 0 bridgehead atoms. The van der Waals surface area contributed by atoms with Crippen LogP contribution in [0.25, 0.3) is 11.1 Å². The Labute approximate surface area is 142 Å². The number of nitrogens with one attached hydrogen (secondary N) is 2. The quantitative estimate of drug-likeness (QED) is 0.886. The highest BCUT2D eigenvalue weighted by molar-refractivity contribution is 5.93. The van der Waals surface area contributed by atoms with Crippen LogP contribution in [-0.4, -0.2) is 35.2 Å². The van der Waals surface area contributed by atoms with Gasteiger partial charge in [0.25, 0.3) is 0 Å². The molecular weight excluding hydrogens is 302 g/mol. The largest absolute Gasteiger partial charge is 0.423 e. The number of fused-ring (bicyclic) bond motifs is 1. The van der Waals surface area contributed by atoms with Crippen LogP contribution in [0.3, 0.4) is 0 Å². The second-order valence-electron chi connectivity index (χ2n) is 7.02. The van der Waals surface area contributed by atoms with Crippen LogP contribution >= 0.6 is 0 Å². The van der Waals surface area contributed by atoms with Gasteiger partial charge in [0.15, 0.2) is 5.58 Å². The fourth-order valence-corrected chi connectivity index (χ4v) is 3.85. The average molecular weight is 327 g/mol. The van der Waals surface area contributed by atoms with Crippen LogP contribution < -0.4 is 10.6 Å². The third-order valence-corrected chi connectivity index (χ3v) is 5.51. The molecule has 2 aromatic rings. The lowest BCUT2D eigenvalue weighted by atomic mass is 9.77. The maximum absolute atomic E-state index is 5.69. The molecule has 24 heavy (non-hydrogen) atoms. The van der Waals surface area contributed by atoms with E-state index in [0.29, 0.717) is 12.1 Å². The van der Waals surface area contributed by atoms with Gasteiger partial charge in [0.1, 0.15) is 5.52 Å². The van der Waals surface area contributed by atoms with Crippen LogP contribution in [0, 0.1) is 11.8 Å². The maximum Gasteiger partial charge on any atom is 0.302 e. The Morgan fingerprint density at radius 3 is 2.92 bits per heavy atom. The molecule has 6 nitrogen and oxygen atoms in total. The lowest BCUT2D eigenvalue weighted by Crippen LogP contribution is -2.53. The molecule has 0 radical (unpaired) electrons. The van der Waals surface area contributed by atoms with Crippen molar-refractivity contribution in [3.8, 4) is 0 Å².